The van der Waals surface area contributed by atoms with Gasteiger partial charge in [0, 0.05) is 22.9 Å². The van der Waals surface area contributed by atoms with Gasteiger partial charge in [-0.25, -0.2) is 4.98 Å². The fraction of sp³-hybridized carbons (Fsp3) is 0.333. The molecule has 0 saturated carbocycles. The molecule has 0 spiro atoms. The molecule has 0 radical (unpaired) electrons. The molecule has 0 bridgehead atoms. The lowest BCUT2D eigenvalue weighted by Gasteiger charge is -2.21. The minimum Gasteiger partial charge on any atom is -0.308 e. The highest BCUT2D eigenvalue weighted by Crippen LogP contribution is 2.34. The van der Waals surface area contributed by atoms with Gasteiger partial charge in [-0.2, -0.15) is 0 Å². The summed E-state index contributed by atoms with van der Waals surface area (Å²) in [7, 11) is 4.04. The maximum absolute atomic E-state index is 13.1. The van der Waals surface area contributed by atoms with Crippen LogP contribution in [0.25, 0.3) is 10.2 Å². The van der Waals surface area contributed by atoms with Gasteiger partial charge >= 0.3 is 0 Å². The smallest absolute Gasteiger partial charge is 0.239 e. The van der Waals surface area contributed by atoms with Crippen LogP contribution in [0.15, 0.2) is 52.3 Å². The number of carbonyl (C=O) groups is 1. The molecule has 0 atom stereocenters. The summed E-state index contributed by atoms with van der Waals surface area (Å²) in [5, 5.41) is 0.785. The summed E-state index contributed by atoms with van der Waals surface area (Å²) in [5.74, 6) is 0.499. The molecule has 0 saturated heterocycles. The van der Waals surface area contributed by atoms with E-state index >= 15 is 0 Å². The van der Waals surface area contributed by atoms with E-state index in [9.17, 15) is 4.79 Å². The van der Waals surface area contributed by atoms with Gasteiger partial charge in [-0.15, -0.1) is 23.5 Å². The number of aromatic nitrogens is 1. The van der Waals surface area contributed by atoms with Crippen molar-refractivity contribution < 1.29 is 4.79 Å². The molecule has 1 heterocycles. The average molecular weight is 432 g/mol. The van der Waals surface area contributed by atoms with Gasteiger partial charge in [-0.3, -0.25) is 9.69 Å². The predicted molar refractivity (Wildman–Crippen MR) is 124 cm³/mol. The van der Waals surface area contributed by atoms with Crippen molar-refractivity contribution in [1.29, 1.82) is 0 Å². The lowest BCUT2D eigenvalue weighted by atomic mass is 10.2. The number of likely N-dealkylation sites (N-methyl/N-ethyl adjacent to an activating group) is 1. The molecule has 1 aromatic heterocycles. The Hall–Kier alpha value is -1.54. The Morgan fingerprint density at radius 1 is 1.11 bits per heavy atom. The Balaban J connectivity index is 1.81. The van der Waals surface area contributed by atoms with Gasteiger partial charge in [0.2, 0.25) is 5.91 Å². The molecule has 0 aliphatic heterocycles. The topological polar surface area (TPSA) is 36.4 Å². The second kappa shape index (κ2) is 9.78. The molecule has 0 aliphatic carbocycles. The van der Waals surface area contributed by atoms with Crippen LogP contribution >= 0.6 is 34.9 Å². The summed E-state index contributed by atoms with van der Waals surface area (Å²) in [4.78, 5) is 24.1. The molecule has 1 amide bonds. The van der Waals surface area contributed by atoms with Crippen molar-refractivity contribution in [3.05, 3.63) is 48.0 Å². The van der Waals surface area contributed by atoms with E-state index in [1.54, 1.807) is 34.9 Å². The van der Waals surface area contributed by atoms with E-state index in [1.165, 1.54) is 5.56 Å². The molecule has 3 aromatic rings. The molecule has 0 fully saturated rings. The summed E-state index contributed by atoms with van der Waals surface area (Å²) in [5.41, 5.74) is 2.21. The average Bonchev–Trinajstić information content (AvgIpc) is 3.11. The number of carbonyl (C=O) groups excluding carboxylic acids is 1. The summed E-state index contributed by atoms with van der Waals surface area (Å²) in [6.45, 7) is 3.50. The van der Waals surface area contributed by atoms with Crippen LogP contribution in [0.5, 0.6) is 0 Å². The third-order valence-corrected chi connectivity index (χ3v) is 7.09. The van der Waals surface area contributed by atoms with Gasteiger partial charge in [-0.1, -0.05) is 35.1 Å². The van der Waals surface area contributed by atoms with Crippen LogP contribution in [0, 0.1) is 6.92 Å². The van der Waals surface area contributed by atoms with Crippen molar-refractivity contribution in [1.82, 2.24) is 9.88 Å². The lowest BCUT2D eigenvalue weighted by molar-refractivity contribution is -0.116. The molecule has 2 aromatic carbocycles. The van der Waals surface area contributed by atoms with Gasteiger partial charge in [0.1, 0.15) is 0 Å². The maximum Gasteiger partial charge on any atom is 0.239 e. The molecule has 4 nitrogen and oxygen atoms in total. The van der Waals surface area contributed by atoms with Crippen LogP contribution in [-0.2, 0) is 4.79 Å². The number of para-hydroxylation sites is 1. The predicted octanol–water partition coefficient (Wildman–Crippen LogP) is 5.01. The molecule has 0 unspecified atom stereocenters. The van der Waals surface area contributed by atoms with Crippen molar-refractivity contribution >= 4 is 56.1 Å². The summed E-state index contributed by atoms with van der Waals surface area (Å²) < 4.78 is 1.12. The van der Waals surface area contributed by atoms with Gasteiger partial charge in [-0.05, 0) is 51.5 Å². The Kier molecular flexibility index (Phi) is 7.40. The second-order valence-electron chi connectivity index (χ2n) is 6.75. The molecule has 0 N–H and O–H groups in total. The number of hydrogen-bond donors (Lipinski definition) is 0. The van der Waals surface area contributed by atoms with E-state index in [-0.39, 0.29) is 5.91 Å². The van der Waals surface area contributed by atoms with Crippen LogP contribution in [-0.4, -0.2) is 55.0 Å². The number of fused-ring (bicyclic) bond motifs is 1. The molecule has 0 aliphatic rings. The number of hydrogen-bond acceptors (Lipinski definition) is 6. The van der Waals surface area contributed by atoms with Gasteiger partial charge < -0.3 is 4.90 Å². The van der Waals surface area contributed by atoms with Crippen LogP contribution in [0.3, 0.4) is 0 Å². The minimum atomic E-state index is 0.0946. The highest BCUT2D eigenvalue weighted by molar-refractivity contribution is 8.00. The molecule has 28 heavy (non-hydrogen) atoms. The summed E-state index contributed by atoms with van der Waals surface area (Å²) >= 11 is 4.86. The fourth-order valence-electron chi connectivity index (χ4n) is 2.68. The van der Waals surface area contributed by atoms with E-state index in [2.05, 4.69) is 60.5 Å². The molecule has 148 valence electrons. The SMILES string of the molecule is CSc1cccc2sc(N(CCN(C)C)C(=O)CSc3ccc(C)cc3)nc12. The molecule has 7 heteroatoms. The number of nitrogens with zero attached hydrogens (tertiary/aromatic N) is 3. The Morgan fingerprint density at radius 2 is 1.86 bits per heavy atom. The van der Waals surface area contributed by atoms with Crippen molar-refractivity contribution in [3.8, 4) is 0 Å². The largest absolute Gasteiger partial charge is 0.308 e. The lowest BCUT2D eigenvalue weighted by Crippen LogP contribution is -2.37. The molecular formula is C21H25N3OS3. The van der Waals surface area contributed by atoms with Gasteiger partial charge in [0.15, 0.2) is 5.13 Å². The Morgan fingerprint density at radius 3 is 2.54 bits per heavy atom. The van der Waals surface area contributed by atoms with E-state index in [4.69, 9.17) is 4.98 Å². The summed E-state index contributed by atoms with van der Waals surface area (Å²) in [6, 6.07) is 14.5. The first kappa shape index (κ1) is 21.2. The van der Waals surface area contributed by atoms with Crippen molar-refractivity contribution in [2.45, 2.75) is 16.7 Å². The van der Waals surface area contributed by atoms with E-state index in [0.717, 1.165) is 31.7 Å². The number of thiazole rings is 1. The fourth-order valence-corrected chi connectivity index (χ4v) is 5.11. The second-order valence-corrected chi connectivity index (χ2v) is 9.66. The number of rotatable bonds is 8. The standard InChI is InChI=1S/C21H25N3OS3/c1-15-8-10-16(11-9-15)27-14-19(25)24(13-12-23(2)3)21-22-20-17(26-4)6-5-7-18(20)28-21/h5-11H,12-14H2,1-4H3. The zero-order chi connectivity index (χ0) is 20.1. The number of benzene rings is 2. The first-order valence-corrected chi connectivity index (χ1v) is 12.1. The number of thioether (sulfide) groups is 2. The minimum absolute atomic E-state index is 0.0946. The Labute approximate surface area is 179 Å². The zero-order valence-electron chi connectivity index (χ0n) is 16.6. The third-order valence-electron chi connectivity index (χ3n) is 4.28. The van der Waals surface area contributed by atoms with Gasteiger partial charge in [0.05, 0.1) is 16.0 Å². The van der Waals surface area contributed by atoms with E-state index in [1.807, 2.05) is 19.0 Å². The number of aryl methyl sites for hydroxylation is 1. The first-order chi connectivity index (χ1) is 13.5. The first-order valence-electron chi connectivity index (χ1n) is 9.06. The van der Waals surface area contributed by atoms with Crippen LogP contribution in [0.4, 0.5) is 5.13 Å². The quantitative estimate of drug-likeness (QED) is 0.468. The summed E-state index contributed by atoms with van der Waals surface area (Å²) in [6.07, 6.45) is 2.06. The third kappa shape index (κ3) is 5.29. The zero-order valence-corrected chi connectivity index (χ0v) is 19.1. The van der Waals surface area contributed by atoms with Crippen LogP contribution < -0.4 is 4.90 Å². The van der Waals surface area contributed by atoms with E-state index in [0.29, 0.717) is 12.3 Å². The maximum atomic E-state index is 13.1. The molecule has 3 rings (SSSR count). The Bertz CT molecular complexity index is 938. The van der Waals surface area contributed by atoms with Crippen LogP contribution in [0.2, 0.25) is 0 Å². The van der Waals surface area contributed by atoms with Gasteiger partial charge in [0.25, 0.3) is 0 Å². The van der Waals surface area contributed by atoms with Crippen molar-refractivity contribution in [3.63, 3.8) is 0 Å². The number of anilines is 1. The number of amides is 1. The molecular weight excluding hydrogens is 406 g/mol. The highest BCUT2D eigenvalue weighted by atomic mass is 32.2. The van der Waals surface area contributed by atoms with E-state index < -0.39 is 0 Å². The van der Waals surface area contributed by atoms with Crippen molar-refractivity contribution in [2.75, 3.05) is 44.1 Å². The highest BCUT2D eigenvalue weighted by Gasteiger charge is 2.21. The van der Waals surface area contributed by atoms with Crippen molar-refractivity contribution in [2.24, 2.45) is 0 Å². The van der Waals surface area contributed by atoms with Crippen LogP contribution in [0.1, 0.15) is 5.56 Å². The monoisotopic (exact) mass is 431 g/mol. The normalized spacial score (nSPS) is 11.3.